The molecule has 0 saturated carbocycles. The first-order valence-electron chi connectivity index (χ1n) is 10.4. The number of carbonyl (C=O) groups is 1. The summed E-state index contributed by atoms with van der Waals surface area (Å²) in [6, 6.07) is 14.3. The molecule has 3 aromatic rings. The Labute approximate surface area is 189 Å². The number of carbonyl (C=O) groups excluding carboxylic acids is 1. The highest BCUT2D eigenvalue weighted by Gasteiger charge is 2.17. The minimum Gasteiger partial charge on any atom is -0.352 e. The summed E-state index contributed by atoms with van der Waals surface area (Å²) in [4.78, 5) is 20.8. The van der Waals surface area contributed by atoms with E-state index < -0.39 is 10.0 Å². The number of nitrogens with zero attached hydrogens (tertiary/aromatic N) is 2. The molecule has 0 fully saturated rings. The average Bonchev–Trinajstić information content (AvgIpc) is 2.78. The van der Waals surface area contributed by atoms with Gasteiger partial charge in [0.05, 0.1) is 10.6 Å². The van der Waals surface area contributed by atoms with Gasteiger partial charge in [0.2, 0.25) is 15.9 Å². The van der Waals surface area contributed by atoms with Crippen LogP contribution in [0.2, 0.25) is 0 Å². The minimum atomic E-state index is -3.67. The fourth-order valence-corrected chi connectivity index (χ4v) is 4.09. The van der Waals surface area contributed by atoms with Crippen molar-refractivity contribution in [2.45, 2.75) is 44.0 Å². The highest BCUT2D eigenvalue weighted by molar-refractivity contribution is 7.89. The smallest absolute Gasteiger partial charge is 0.240 e. The van der Waals surface area contributed by atoms with E-state index in [0.29, 0.717) is 6.54 Å². The lowest BCUT2D eigenvalue weighted by Gasteiger charge is -2.19. The summed E-state index contributed by atoms with van der Waals surface area (Å²) >= 11 is 0. The quantitative estimate of drug-likeness (QED) is 0.545. The molecule has 0 spiro atoms. The molecular weight excluding hydrogens is 424 g/mol. The van der Waals surface area contributed by atoms with Crippen LogP contribution in [0.5, 0.6) is 0 Å². The van der Waals surface area contributed by atoms with E-state index in [1.807, 2.05) is 36.4 Å². The topological polar surface area (TPSA) is 101 Å². The van der Waals surface area contributed by atoms with Crippen LogP contribution in [-0.4, -0.2) is 30.8 Å². The summed E-state index contributed by atoms with van der Waals surface area (Å²) in [5.41, 5.74) is 3.56. The molecule has 0 saturated heterocycles. The zero-order valence-corrected chi connectivity index (χ0v) is 19.3. The molecule has 0 aliphatic rings. The lowest BCUT2D eigenvalue weighted by atomic mass is 9.87. The van der Waals surface area contributed by atoms with Crippen molar-refractivity contribution in [1.29, 1.82) is 0 Å². The molecule has 2 heterocycles. The predicted molar refractivity (Wildman–Crippen MR) is 124 cm³/mol. The molecule has 0 unspecified atom stereocenters. The van der Waals surface area contributed by atoms with Crippen molar-refractivity contribution in [2.24, 2.45) is 0 Å². The number of amides is 1. The Bertz CT molecular complexity index is 1160. The number of hydrogen-bond acceptors (Lipinski definition) is 5. The second-order valence-electron chi connectivity index (χ2n) is 8.49. The Balaban J connectivity index is 1.49. The molecule has 0 radical (unpaired) electrons. The van der Waals surface area contributed by atoms with Gasteiger partial charge in [-0.2, -0.15) is 0 Å². The number of benzene rings is 1. The van der Waals surface area contributed by atoms with Crippen LogP contribution in [0.4, 0.5) is 0 Å². The number of rotatable bonds is 8. The maximum atomic E-state index is 12.5. The van der Waals surface area contributed by atoms with Crippen molar-refractivity contribution >= 4 is 15.9 Å². The Kier molecular flexibility index (Phi) is 7.37. The fraction of sp³-hybridized carbons (Fsp3) is 0.292. The van der Waals surface area contributed by atoms with Gasteiger partial charge in [-0.05, 0) is 52.9 Å². The van der Waals surface area contributed by atoms with E-state index in [2.05, 4.69) is 40.8 Å². The molecular formula is C24H28N4O3S. The van der Waals surface area contributed by atoms with E-state index in [1.54, 1.807) is 30.7 Å². The summed E-state index contributed by atoms with van der Waals surface area (Å²) < 4.78 is 27.4. The average molecular weight is 453 g/mol. The van der Waals surface area contributed by atoms with Crippen molar-refractivity contribution in [3.05, 3.63) is 78.2 Å². The number of pyridine rings is 2. The van der Waals surface area contributed by atoms with Crippen molar-refractivity contribution in [2.75, 3.05) is 6.54 Å². The lowest BCUT2D eigenvalue weighted by molar-refractivity contribution is -0.121. The third-order valence-corrected chi connectivity index (χ3v) is 6.42. The highest BCUT2D eigenvalue weighted by atomic mass is 32.2. The maximum Gasteiger partial charge on any atom is 0.240 e. The molecule has 0 bridgehead atoms. The van der Waals surface area contributed by atoms with E-state index >= 15 is 0 Å². The molecule has 0 aliphatic heterocycles. The highest BCUT2D eigenvalue weighted by Crippen LogP contribution is 2.23. The maximum absolute atomic E-state index is 12.5. The summed E-state index contributed by atoms with van der Waals surface area (Å²) in [6.07, 6.45) is 5.15. The van der Waals surface area contributed by atoms with Crippen LogP contribution in [-0.2, 0) is 26.8 Å². The van der Waals surface area contributed by atoms with Gasteiger partial charge in [-0.15, -0.1) is 0 Å². The molecule has 32 heavy (non-hydrogen) atoms. The van der Waals surface area contributed by atoms with Crippen LogP contribution in [0.15, 0.2) is 72.0 Å². The minimum absolute atomic E-state index is 0.0203. The Morgan fingerprint density at radius 3 is 2.44 bits per heavy atom. The molecule has 3 rings (SSSR count). The Morgan fingerprint density at radius 1 is 1.03 bits per heavy atom. The third kappa shape index (κ3) is 6.45. The van der Waals surface area contributed by atoms with Crippen LogP contribution in [0, 0.1) is 0 Å². The first-order chi connectivity index (χ1) is 15.1. The van der Waals surface area contributed by atoms with E-state index in [0.717, 1.165) is 22.4 Å². The largest absolute Gasteiger partial charge is 0.352 e. The van der Waals surface area contributed by atoms with Gasteiger partial charge in [-0.3, -0.25) is 14.8 Å². The van der Waals surface area contributed by atoms with Gasteiger partial charge in [-0.25, -0.2) is 13.1 Å². The van der Waals surface area contributed by atoms with Crippen molar-refractivity contribution < 1.29 is 13.2 Å². The summed E-state index contributed by atoms with van der Waals surface area (Å²) in [5.74, 6) is -0.240. The van der Waals surface area contributed by atoms with Gasteiger partial charge >= 0.3 is 0 Å². The van der Waals surface area contributed by atoms with Crippen LogP contribution < -0.4 is 10.0 Å². The van der Waals surface area contributed by atoms with Gasteiger partial charge in [0.25, 0.3) is 0 Å². The van der Waals surface area contributed by atoms with Crippen molar-refractivity contribution in [3.63, 3.8) is 0 Å². The summed E-state index contributed by atoms with van der Waals surface area (Å²) in [6.45, 7) is 6.55. The van der Waals surface area contributed by atoms with Gasteiger partial charge in [0.1, 0.15) is 0 Å². The molecule has 168 valence electrons. The molecule has 8 heteroatoms. The Morgan fingerprint density at radius 2 is 1.78 bits per heavy atom. The van der Waals surface area contributed by atoms with E-state index in [1.165, 1.54) is 0 Å². The number of sulfonamides is 1. The zero-order valence-electron chi connectivity index (χ0n) is 18.5. The summed E-state index contributed by atoms with van der Waals surface area (Å²) in [7, 11) is -3.67. The van der Waals surface area contributed by atoms with Crippen LogP contribution in [0.3, 0.4) is 0 Å². The second kappa shape index (κ2) is 10.0. The molecule has 2 N–H and O–H groups in total. The van der Waals surface area contributed by atoms with Gasteiger partial charge in [-0.1, -0.05) is 32.9 Å². The first kappa shape index (κ1) is 23.6. The van der Waals surface area contributed by atoms with Crippen LogP contribution in [0.1, 0.15) is 38.3 Å². The zero-order chi connectivity index (χ0) is 23.2. The predicted octanol–water partition coefficient (Wildman–Crippen LogP) is 3.43. The normalized spacial score (nSPS) is 11.8. The van der Waals surface area contributed by atoms with E-state index in [9.17, 15) is 13.2 Å². The molecule has 7 nitrogen and oxygen atoms in total. The van der Waals surface area contributed by atoms with E-state index in [4.69, 9.17) is 0 Å². The van der Waals surface area contributed by atoms with Gasteiger partial charge in [0, 0.05) is 43.7 Å². The Hall–Kier alpha value is -3.10. The van der Waals surface area contributed by atoms with Gasteiger partial charge in [0.15, 0.2) is 0 Å². The molecule has 0 aliphatic carbocycles. The molecule has 1 aromatic carbocycles. The second-order valence-corrected chi connectivity index (χ2v) is 10.3. The van der Waals surface area contributed by atoms with Crippen molar-refractivity contribution in [1.82, 2.24) is 20.0 Å². The molecule has 2 aromatic heterocycles. The lowest BCUT2D eigenvalue weighted by Crippen LogP contribution is -2.30. The number of aromatic nitrogens is 2. The number of nitrogens with one attached hydrogen (secondary N) is 2. The van der Waals surface area contributed by atoms with Crippen LogP contribution >= 0.6 is 0 Å². The monoisotopic (exact) mass is 452 g/mol. The fourth-order valence-electron chi connectivity index (χ4n) is 3.06. The third-order valence-electron chi connectivity index (χ3n) is 4.95. The molecule has 1 amide bonds. The van der Waals surface area contributed by atoms with Gasteiger partial charge < -0.3 is 5.32 Å². The first-order valence-corrected chi connectivity index (χ1v) is 11.9. The van der Waals surface area contributed by atoms with Crippen molar-refractivity contribution in [3.8, 4) is 11.3 Å². The van der Waals surface area contributed by atoms with Crippen LogP contribution in [0.25, 0.3) is 11.3 Å². The van der Waals surface area contributed by atoms with E-state index in [-0.39, 0.29) is 29.2 Å². The number of hydrogen-bond donors (Lipinski definition) is 2. The molecule has 0 atom stereocenters. The SMILES string of the molecule is CC(C)(C)c1ccc(S(=O)(=O)NCCC(=O)NCc2ccnc(-c3cccnc3)c2)cc1. The standard InChI is InChI=1S/C24H28N4O3S/c1-24(2,3)20-6-8-21(9-7-20)32(30,31)28-14-11-23(29)27-16-18-10-13-26-22(15-18)19-5-4-12-25-17-19/h4-10,12-13,15,17,28H,11,14,16H2,1-3H3,(H,27,29). The summed E-state index contributed by atoms with van der Waals surface area (Å²) in [5, 5.41) is 2.81.